The summed E-state index contributed by atoms with van der Waals surface area (Å²) in [5, 5.41) is 2.97. The lowest BCUT2D eigenvalue weighted by Gasteiger charge is -2.17. The first-order valence-electron chi connectivity index (χ1n) is 7.51. The Kier molecular flexibility index (Phi) is 6.26. The van der Waals surface area contributed by atoms with Gasteiger partial charge in [-0.05, 0) is 42.0 Å². The maximum Gasteiger partial charge on any atom is 0.416 e. The third-order valence-electron chi connectivity index (χ3n) is 3.62. The first-order valence-corrected chi connectivity index (χ1v) is 7.89. The molecule has 0 spiro atoms. The summed E-state index contributed by atoms with van der Waals surface area (Å²) in [6.45, 7) is 0. The van der Waals surface area contributed by atoms with Crippen LogP contribution in [0.3, 0.4) is 0 Å². The monoisotopic (exact) mass is 385 g/mol. The van der Waals surface area contributed by atoms with Gasteiger partial charge in [-0.15, -0.1) is 0 Å². The highest BCUT2D eigenvalue weighted by atomic mass is 35.5. The lowest BCUT2D eigenvalue weighted by atomic mass is 10.0. The predicted octanol–water partition coefficient (Wildman–Crippen LogP) is 3.87. The molecule has 0 aliphatic heterocycles. The Balaban J connectivity index is 2.13. The fraction of sp³-hybridized carbons (Fsp3) is 0.222. The number of alkyl halides is 3. The molecule has 1 amide bonds. The molecule has 2 aromatic rings. The zero-order valence-electron chi connectivity index (χ0n) is 13.6. The van der Waals surface area contributed by atoms with Gasteiger partial charge in [-0.2, -0.15) is 13.2 Å². The SMILES string of the molecule is COC(=O)[C@@H](Cc1ccc(C(F)(F)F)cc1)NC(=O)c1ccc(Cl)cc1. The summed E-state index contributed by atoms with van der Waals surface area (Å²) in [5.41, 5.74) is -0.0541. The van der Waals surface area contributed by atoms with Gasteiger partial charge in [0.2, 0.25) is 0 Å². The van der Waals surface area contributed by atoms with Crippen LogP contribution in [0.2, 0.25) is 5.02 Å². The molecule has 0 aliphatic rings. The van der Waals surface area contributed by atoms with E-state index in [2.05, 4.69) is 10.1 Å². The number of halogens is 4. The highest BCUT2D eigenvalue weighted by Crippen LogP contribution is 2.29. The molecule has 1 N–H and O–H groups in total. The van der Waals surface area contributed by atoms with Crippen molar-refractivity contribution in [3.8, 4) is 0 Å². The van der Waals surface area contributed by atoms with Crippen LogP contribution in [0.5, 0.6) is 0 Å². The minimum atomic E-state index is -4.44. The number of ether oxygens (including phenoxy) is 1. The maximum absolute atomic E-state index is 12.6. The van der Waals surface area contributed by atoms with Crippen molar-refractivity contribution in [2.45, 2.75) is 18.6 Å². The van der Waals surface area contributed by atoms with Crippen LogP contribution >= 0.6 is 11.6 Å². The van der Waals surface area contributed by atoms with Gasteiger partial charge in [0.25, 0.3) is 5.91 Å². The number of carbonyl (C=O) groups is 2. The Morgan fingerprint density at radius 3 is 2.15 bits per heavy atom. The fourth-order valence-corrected chi connectivity index (χ4v) is 2.37. The molecule has 0 unspecified atom stereocenters. The molecule has 0 saturated heterocycles. The molecule has 0 radical (unpaired) electrons. The van der Waals surface area contributed by atoms with Crippen LogP contribution in [0.4, 0.5) is 13.2 Å². The van der Waals surface area contributed by atoms with E-state index >= 15 is 0 Å². The number of benzene rings is 2. The van der Waals surface area contributed by atoms with E-state index in [1.807, 2.05) is 0 Å². The van der Waals surface area contributed by atoms with E-state index < -0.39 is 29.7 Å². The number of carbonyl (C=O) groups excluding carboxylic acids is 2. The van der Waals surface area contributed by atoms with E-state index in [-0.39, 0.29) is 12.0 Å². The van der Waals surface area contributed by atoms with Gasteiger partial charge in [0.15, 0.2) is 0 Å². The smallest absolute Gasteiger partial charge is 0.416 e. The maximum atomic E-state index is 12.6. The number of methoxy groups -OCH3 is 1. The van der Waals surface area contributed by atoms with Gasteiger partial charge in [-0.25, -0.2) is 4.79 Å². The molecule has 8 heteroatoms. The number of hydrogen-bond acceptors (Lipinski definition) is 3. The van der Waals surface area contributed by atoms with Gasteiger partial charge < -0.3 is 10.1 Å². The molecule has 4 nitrogen and oxygen atoms in total. The molecular weight excluding hydrogens is 371 g/mol. The van der Waals surface area contributed by atoms with Gasteiger partial charge in [-0.1, -0.05) is 23.7 Å². The van der Waals surface area contributed by atoms with Crippen molar-refractivity contribution in [3.05, 3.63) is 70.2 Å². The summed E-state index contributed by atoms with van der Waals surface area (Å²) in [5.74, 6) is -1.23. The predicted molar refractivity (Wildman–Crippen MR) is 89.9 cm³/mol. The molecule has 26 heavy (non-hydrogen) atoms. The zero-order valence-corrected chi connectivity index (χ0v) is 14.4. The molecule has 2 aromatic carbocycles. The first-order chi connectivity index (χ1) is 12.2. The second-order valence-corrected chi connectivity index (χ2v) is 5.89. The van der Waals surface area contributed by atoms with Crippen molar-refractivity contribution in [2.24, 2.45) is 0 Å². The van der Waals surface area contributed by atoms with E-state index in [1.54, 1.807) is 0 Å². The molecule has 0 fully saturated rings. The second-order valence-electron chi connectivity index (χ2n) is 5.45. The summed E-state index contributed by atoms with van der Waals surface area (Å²) in [6, 6.07) is 9.35. The largest absolute Gasteiger partial charge is 0.467 e. The van der Waals surface area contributed by atoms with Gasteiger partial charge in [-0.3, -0.25) is 4.79 Å². The van der Waals surface area contributed by atoms with Crippen LogP contribution in [-0.2, 0) is 22.1 Å². The van der Waals surface area contributed by atoms with Crippen molar-refractivity contribution < 1.29 is 27.5 Å². The number of hydrogen-bond donors (Lipinski definition) is 1. The van der Waals surface area contributed by atoms with E-state index in [0.29, 0.717) is 10.6 Å². The van der Waals surface area contributed by atoms with Crippen LogP contribution in [0.25, 0.3) is 0 Å². The molecule has 0 saturated carbocycles. The standard InChI is InChI=1S/C18H15ClF3NO3/c1-26-17(25)15(23-16(24)12-4-8-14(19)9-5-12)10-11-2-6-13(7-3-11)18(20,21)22/h2-9,15H,10H2,1H3,(H,23,24)/t15-/m1/s1. The van der Waals surface area contributed by atoms with Gasteiger partial charge in [0.05, 0.1) is 12.7 Å². The molecule has 2 rings (SSSR count). The Labute approximate surface area is 152 Å². The number of esters is 1. The molecule has 1 atom stereocenters. The Bertz CT molecular complexity index is 774. The first kappa shape index (κ1) is 19.8. The van der Waals surface area contributed by atoms with Crippen molar-refractivity contribution in [1.82, 2.24) is 5.32 Å². The van der Waals surface area contributed by atoms with Crippen LogP contribution in [0.1, 0.15) is 21.5 Å². The zero-order chi connectivity index (χ0) is 19.3. The minimum Gasteiger partial charge on any atom is -0.467 e. The quantitative estimate of drug-likeness (QED) is 0.795. The van der Waals surface area contributed by atoms with Gasteiger partial charge in [0, 0.05) is 17.0 Å². The summed E-state index contributed by atoms with van der Waals surface area (Å²) < 4.78 is 42.5. The molecular formula is C18H15ClF3NO3. The average Bonchev–Trinajstić information content (AvgIpc) is 2.60. The van der Waals surface area contributed by atoms with Crippen molar-refractivity contribution >= 4 is 23.5 Å². The number of nitrogens with one attached hydrogen (secondary N) is 1. The second kappa shape index (κ2) is 8.23. The number of rotatable bonds is 5. The van der Waals surface area contributed by atoms with Crippen molar-refractivity contribution in [1.29, 1.82) is 0 Å². The molecule has 0 aromatic heterocycles. The molecule has 0 heterocycles. The highest BCUT2D eigenvalue weighted by molar-refractivity contribution is 6.30. The van der Waals surface area contributed by atoms with Crippen LogP contribution in [0.15, 0.2) is 48.5 Å². The minimum absolute atomic E-state index is 0.00978. The summed E-state index contributed by atoms with van der Waals surface area (Å²) in [7, 11) is 1.16. The van der Waals surface area contributed by atoms with E-state index in [1.165, 1.54) is 36.4 Å². The average molecular weight is 386 g/mol. The normalized spacial score (nSPS) is 12.3. The van der Waals surface area contributed by atoms with Crippen LogP contribution in [0, 0.1) is 0 Å². The summed E-state index contributed by atoms with van der Waals surface area (Å²) in [4.78, 5) is 24.2. The number of amides is 1. The molecule has 0 bridgehead atoms. The van der Waals surface area contributed by atoms with E-state index in [0.717, 1.165) is 19.2 Å². The Hall–Kier alpha value is -2.54. The lowest BCUT2D eigenvalue weighted by molar-refractivity contribution is -0.143. The van der Waals surface area contributed by atoms with E-state index in [4.69, 9.17) is 11.6 Å². The third-order valence-corrected chi connectivity index (χ3v) is 3.87. The van der Waals surface area contributed by atoms with Gasteiger partial charge >= 0.3 is 12.1 Å². The van der Waals surface area contributed by atoms with Crippen LogP contribution in [-0.4, -0.2) is 25.0 Å². The topological polar surface area (TPSA) is 55.4 Å². The fourth-order valence-electron chi connectivity index (χ4n) is 2.24. The summed E-state index contributed by atoms with van der Waals surface area (Å²) >= 11 is 5.76. The van der Waals surface area contributed by atoms with Crippen molar-refractivity contribution in [3.63, 3.8) is 0 Å². The third kappa shape index (κ3) is 5.23. The van der Waals surface area contributed by atoms with Gasteiger partial charge in [0.1, 0.15) is 6.04 Å². The van der Waals surface area contributed by atoms with Crippen LogP contribution < -0.4 is 5.32 Å². The molecule has 138 valence electrons. The molecule has 0 aliphatic carbocycles. The Morgan fingerprint density at radius 2 is 1.65 bits per heavy atom. The summed E-state index contributed by atoms with van der Waals surface area (Å²) in [6.07, 6.45) is -4.45. The van der Waals surface area contributed by atoms with Crippen molar-refractivity contribution in [2.75, 3.05) is 7.11 Å². The highest BCUT2D eigenvalue weighted by Gasteiger charge is 2.30. The lowest BCUT2D eigenvalue weighted by Crippen LogP contribution is -2.43. The van der Waals surface area contributed by atoms with E-state index in [9.17, 15) is 22.8 Å². The Morgan fingerprint density at radius 1 is 1.08 bits per heavy atom.